The third-order valence-electron chi connectivity index (χ3n) is 4.60. The first-order valence-corrected chi connectivity index (χ1v) is 9.33. The summed E-state index contributed by atoms with van der Waals surface area (Å²) >= 11 is 0. The first kappa shape index (κ1) is 19.4. The van der Waals surface area contributed by atoms with Gasteiger partial charge in [-0.2, -0.15) is 0 Å². The van der Waals surface area contributed by atoms with Crippen LogP contribution in [0.5, 0.6) is 5.75 Å². The summed E-state index contributed by atoms with van der Waals surface area (Å²) in [5.41, 5.74) is 1.74. The predicted octanol–water partition coefficient (Wildman–Crippen LogP) is 3.52. The fraction of sp³-hybridized carbons (Fsp3) is 0.500. The number of aryl methyl sites for hydroxylation is 2. The molecule has 2 aromatic rings. The van der Waals surface area contributed by atoms with Crippen LogP contribution >= 0.6 is 0 Å². The number of amides is 1. The van der Waals surface area contributed by atoms with E-state index in [4.69, 9.17) is 14.0 Å². The third-order valence-corrected chi connectivity index (χ3v) is 4.60. The highest BCUT2D eigenvalue weighted by Gasteiger charge is 2.25. The topological polar surface area (TPSA) is 64.8 Å². The Morgan fingerprint density at radius 3 is 2.89 bits per heavy atom. The number of hydrogen-bond acceptors (Lipinski definition) is 5. The van der Waals surface area contributed by atoms with Crippen molar-refractivity contribution in [2.75, 3.05) is 26.4 Å². The molecule has 0 spiro atoms. The highest BCUT2D eigenvalue weighted by atomic mass is 19.1. The van der Waals surface area contributed by atoms with Gasteiger partial charge in [0, 0.05) is 25.3 Å². The fourth-order valence-electron chi connectivity index (χ4n) is 3.13. The third kappa shape index (κ3) is 4.66. The quantitative estimate of drug-likeness (QED) is 0.802. The first-order valence-electron chi connectivity index (χ1n) is 9.33. The zero-order valence-corrected chi connectivity index (χ0v) is 15.8. The molecular weight excluding hydrogens is 351 g/mol. The Morgan fingerprint density at radius 2 is 2.07 bits per heavy atom. The Labute approximate surface area is 158 Å². The smallest absolute Gasteiger partial charge is 0.259 e. The molecule has 3 rings (SSSR count). The molecule has 0 unspecified atom stereocenters. The summed E-state index contributed by atoms with van der Waals surface area (Å²) in [6.07, 6.45) is 2.32. The van der Waals surface area contributed by atoms with E-state index in [1.807, 2.05) is 6.92 Å². The Balaban J connectivity index is 1.92. The minimum Gasteiger partial charge on any atom is -0.493 e. The Bertz CT molecular complexity index is 790. The van der Waals surface area contributed by atoms with Crippen molar-refractivity contribution in [2.24, 2.45) is 0 Å². The monoisotopic (exact) mass is 376 g/mol. The fourth-order valence-corrected chi connectivity index (χ4v) is 3.13. The van der Waals surface area contributed by atoms with Crippen molar-refractivity contribution in [2.45, 2.75) is 39.7 Å². The van der Waals surface area contributed by atoms with Crippen LogP contribution in [0.3, 0.4) is 0 Å². The lowest BCUT2D eigenvalue weighted by Gasteiger charge is -2.25. The maximum Gasteiger partial charge on any atom is 0.259 e. The maximum absolute atomic E-state index is 13.8. The maximum atomic E-state index is 13.8. The molecule has 1 aromatic heterocycles. The van der Waals surface area contributed by atoms with Gasteiger partial charge in [0.05, 0.1) is 18.9 Å². The van der Waals surface area contributed by atoms with Gasteiger partial charge in [-0.1, -0.05) is 12.1 Å². The lowest BCUT2D eigenvalue weighted by Crippen LogP contribution is -2.34. The minimum absolute atomic E-state index is 0.193. The van der Waals surface area contributed by atoms with Crippen molar-refractivity contribution in [3.63, 3.8) is 0 Å². The second-order valence-electron chi connectivity index (χ2n) is 6.56. The highest BCUT2D eigenvalue weighted by molar-refractivity contribution is 5.96. The lowest BCUT2D eigenvalue weighted by atomic mass is 10.1. The number of ether oxygens (including phenoxy) is 2. The number of benzene rings is 1. The van der Waals surface area contributed by atoms with Crippen molar-refractivity contribution in [1.29, 1.82) is 0 Å². The zero-order valence-electron chi connectivity index (χ0n) is 15.8. The number of hydrogen-bond donors (Lipinski definition) is 0. The molecule has 0 atom stereocenters. The average Bonchev–Trinajstić information content (AvgIpc) is 3.03. The van der Waals surface area contributed by atoms with E-state index < -0.39 is 0 Å². The SMILES string of the molecule is CCc1noc(C)c1C(=O)N1CCOCCCCOc2ccc(F)cc2C1. The normalized spacial score (nSPS) is 16.0. The van der Waals surface area contributed by atoms with Gasteiger partial charge >= 0.3 is 0 Å². The van der Waals surface area contributed by atoms with E-state index in [1.54, 1.807) is 17.9 Å². The molecule has 0 radical (unpaired) electrons. The van der Waals surface area contributed by atoms with Gasteiger partial charge in [-0.05, 0) is 44.4 Å². The van der Waals surface area contributed by atoms with Crippen LogP contribution < -0.4 is 4.74 Å². The molecule has 146 valence electrons. The van der Waals surface area contributed by atoms with Gasteiger partial charge in [0.1, 0.15) is 22.9 Å². The van der Waals surface area contributed by atoms with Crippen LogP contribution in [0, 0.1) is 12.7 Å². The summed E-state index contributed by atoms with van der Waals surface area (Å²) in [5, 5.41) is 3.97. The average molecular weight is 376 g/mol. The summed E-state index contributed by atoms with van der Waals surface area (Å²) in [6, 6.07) is 4.42. The Kier molecular flexibility index (Phi) is 6.45. The van der Waals surface area contributed by atoms with Crippen LogP contribution in [-0.4, -0.2) is 42.3 Å². The van der Waals surface area contributed by atoms with Gasteiger partial charge in [-0.25, -0.2) is 4.39 Å². The molecule has 6 nitrogen and oxygen atoms in total. The van der Waals surface area contributed by atoms with Crippen molar-refractivity contribution in [3.8, 4) is 5.75 Å². The first-order chi connectivity index (χ1) is 13.1. The number of halogens is 1. The predicted molar refractivity (Wildman–Crippen MR) is 97.3 cm³/mol. The minimum atomic E-state index is -0.358. The Hall–Kier alpha value is -2.41. The molecule has 0 saturated carbocycles. The number of carbonyl (C=O) groups is 1. The van der Waals surface area contributed by atoms with E-state index in [2.05, 4.69) is 5.16 Å². The van der Waals surface area contributed by atoms with Crippen LogP contribution in [0.25, 0.3) is 0 Å². The van der Waals surface area contributed by atoms with Gasteiger partial charge < -0.3 is 18.9 Å². The van der Waals surface area contributed by atoms with Gasteiger partial charge in [0.25, 0.3) is 5.91 Å². The van der Waals surface area contributed by atoms with Crippen molar-refractivity contribution >= 4 is 5.91 Å². The molecule has 2 heterocycles. The van der Waals surface area contributed by atoms with Crippen molar-refractivity contribution in [3.05, 3.63) is 46.6 Å². The van der Waals surface area contributed by atoms with E-state index in [-0.39, 0.29) is 18.3 Å². The summed E-state index contributed by atoms with van der Waals surface area (Å²) in [6.45, 7) is 5.83. The van der Waals surface area contributed by atoms with E-state index in [9.17, 15) is 9.18 Å². The molecule has 7 heteroatoms. The summed E-state index contributed by atoms with van der Waals surface area (Å²) in [5.74, 6) is 0.540. The summed E-state index contributed by atoms with van der Waals surface area (Å²) < 4.78 is 30.5. The van der Waals surface area contributed by atoms with E-state index in [0.717, 1.165) is 12.8 Å². The van der Waals surface area contributed by atoms with Crippen molar-refractivity contribution < 1.29 is 23.2 Å². The summed E-state index contributed by atoms with van der Waals surface area (Å²) in [4.78, 5) is 14.8. The van der Waals surface area contributed by atoms with Crippen LogP contribution in [0.1, 0.15) is 47.1 Å². The van der Waals surface area contributed by atoms with Gasteiger partial charge in [0.15, 0.2) is 0 Å². The molecule has 0 aliphatic carbocycles. The molecule has 1 aromatic carbocycles. The zero-order chi connectivity index (χ0) is 19.2. The second-order valence-corrected chi connectivity index (χ2v) is 6.56. The molecule has 1 aliphatic heterocycles. The lowest BCUT2D eigenvalue weighted by molar-refractivity contribution is 0.0605. The second kappa shape index (κ2) is 8.99. The van der Waals surface area contributed by atoms with Crippen LogP contribution in [0.4, 0.5) is 4.39 Å². The van der Waals surface area contributed by atoms with E-state index in [1.165, 1.54) is 12.1 Å². The van der Waals surface area contributed by atoms with Gasteiger partial charge in [-0.15, -0.1) is 0 Å². The number of nitrogens with zero attached hydrogens (tertiary/aromatic N) is 2. The molecular formula is C20H25FN2O4. The molecule has 1 amide bonds. The molecule has 1 aliphatic rings. The molecule has 0 saturated heterocycles. The Morgan fingerprint density at radius 1 is 1.26 bits per heavy atom. The van der Waals surface area contributed by atoms with E-state index >= 15 is 0 Å². The van der Waals surface area contributed by atoms with Gasteiger partial charge in [0.2, 0.25) is 0 Å². The molecule has 0 bridgehead atoms. The molecule has 0 fully saturated rings. The van der Waals surface area contributed by atoms with Gasteiger partial charge in [-0.3, -0.25) is 4.79 Å². The standard InChI is InChI=1S/C20H25FN2O4/c1-3-17-19(14(2)27-22-17)20(24)23-8-11-25-9-4-5-10-26-18-7-6-16(21)12-15(18)13-23/h6-7,12H,3-5,8-11,13H2,1-2H3. The number of rotatable bonds is 2. The number of aromatic nitrogens is 1. The summed E-state index contributed by atoms with van der Waals surface area (Å²) in [7, 11) is 0. The van der Waals surface area contributed by atoms with E-state index in [0.29, 0.717) is 61.1 Å². The van der Waals surface area contributed by atoms with Crippen molar-refractivity contribution in [1.82, 2.24) is 10.1 Å². The van der Waals surface area contributed by atoms with Crippen LogP contribution in [0.2, 0.25) is 0 Å². The van der Waals surface area contributed by atoms with Crippen LogP contribution in [-0.2, 0) is 17.7 Å². The highest BCUT2D eigenvalue weighted by Crippen LogP contribution is 2.24. The largest absolute Gasteiger partial charge is 0.493 e. The molecule has 27 heavy (non-hydrogen) atoms. The molecule has 0 N–H and O–H groups in total. The number of fused-ring (bicyclic) bond motifs is 1. The van der Waals surface area contributed by atoms with Crippen LogP contribution in [0.15, 0.2) is 22.7 Å². The number of carbonyl (C=O) groups excluding carboxylic acids is 1.